The van der Waals surface area contributed by atoms with Crippen molar-refractivity contribution >= 4 is 29.3 Å². The first-order chi connectivity index (χ1) is 10.0. The minimum atomic E-state index is -0.944. The number of carboxylic acid groups (broad SMARTS) is 1. The number of aliphatic carboxylic acids is 1. The van der Waals surface area contributed by atoms with Gasteiger partial charge in [0.15, 0.2) is 0 Å². The second-order valence-electron chi connectivity index (χ2n) is 5.30. The van der Waals surface area contributed by atoms with E-state index in [1.165, 1.54) is 6.08 Å². The van der Waals surface area contributed by atoms with Crippen molar-refractivity contribution < 1.29 is 9.90 Å². The lowest BCUT2D eigenvalue weighted by Crippen LogP contribution is -2.51. The number of likely N-dealkylation sites (N-methyl/N-ethyl adjacent to an activating group) is 1. The Hall–Kier alpha value is -1.52. The average molecular weight is 309 g/mol. The molecule has 114 valence electrons. The van der Waals surface area contributed by atoms with Gasteiger partial charge in [0, 0.05) is 42.5 Å². The van der Waals surface area contributed by atoms with Crippen LogP contribution in [0.4, 0.5) is 5.69 Å². The molecular weight excluding hydrogens is 288 g/mol. The highest BCUT2D eigenvalue weighted by atomic mass is 35.5. The van der Waals surface area contributed by atoms with E-state index in [0.29, 0.717) is 11.1 Å². The fraction of sp³-hybridized carbons (Fsp3) is 0.438. The van der Waals surface area contributed by atoms with Crippen LogP contribution >= 0.6 is 11.6 Å². The maximum absolute atomic E-state index is 10.7. The van der Waals surface area contributed by atoms with Gasteiger partial charge in [0.1, 0.15) is 0 Å². The zero-order chi connectivity index (χ0) is 15.4. The van der Waals surface area contributed by atoms with Gasteiger partial charge >= 0.3 is 5.97 Å². The Morgan fingerprint density at radius 2 is 2.24 bits per heavy atom. The molecule has 0 amide bonds. The van der Waals surface area contributed by atoms with E-state index in [4.69, 9.17) is 16.7 Å². The fourth-order valence-electron chi connectivity index (χ4n) is 2.78. The van der Waals surface area contributed by atoms with E-state index >= 15 is 0 Å². The van der Waals surface area contributed by atoms with Crippen LogP contribution < -0.4 is 4.90 Å². The summed E-state index contributed by atoms with van der Waals surface area (Å²) in [5.41, 5.74) is 1.89. The monoisotopic (exact) mass is 308 g/mol. The second kappa shape index (κ2) is 6.96. The van der Waals surface area contributed by atoms with E-state index in [0.717, 1.165) is 37.4 Å². The molecule has 0 aliphatic carbocycles. The Kier molecular flexibility index (Phi) is 5.26. The Bertz CT molecular complexity index is 545. The highest BCUT2D eigenvalue weighted by Crippen LogP contribution is 2.28. The van der Waals surface area contributed by atoms with Crippen molar-refractivity contribution in [3.8, 4) is 0 Å². The van der Waals surface area contributed by atoms with Gasteiger partial charge in [-0.2, -0.15) is 0 Å². The minimum absolute atomic E-state index is 0.471. The first-order valence-corrected chi connectivity index (χ1v) is 7.58. The second-order valence-corrected chi connectivity index (χ2v) is 5.73. The summed E-state index contributed by atoms with van der Waals surface area (Å²) in [6.45, 7) is 8.29. The number of hydrogen-bond donors (Lipinski definition) is 1. The molecule has 0 radical (unpaired) electrons. The standard InChI is InChI=1S/C16H21ClN2O2/c1-3-18-8-9-19(11-12(18)2)15-10-14(17)6-4-13(15)5-7-16(20)21/h4-7,10,12H,3,8-9,11H2,1-2H3,(H,20,21)/b7-5+. The number of benzene rings is 1. The molecule has 1 fully saturated rings. The normalized spacial score (nSPS) is 20.1. The molecule has 4 nitrogen and oxygen atoms in total. The molecule has 1 aromatic rings. The van der Waals surface area contributed by atoms with Crippen LogP contribution in [0, 0.1) is 0 Å². The maximum Gasteiger partial charge on any atom is 0.328 e. The Morgan fingerprint density at radius 1 is 1.48 bits per heavy atom. The number of hydrogen-bond acceptors (Lipinski definition) is 3. The Balaban J connectivity index is 2.26. The van der Waals surface area contributed by atoms with Gasteiger partial charge in [0.05, 0.1) is 0 Å². The van der Waals surface area contributed by atoms with Gasteiger partial charge in [0.2, 0.25) is 0 Å². The fourth-order valence-corrected chi connectivity index (χ4v) is 2.94. The van der Waals surface area contributed by atoms with E-state index in [2.05, 4.69) is 23.6 Å². The minimum Gasteiger partial charge on any atom is -0.478 e. The summed E-state index contributed by atoms with van der Waals surface area (Å²) in [5, 5.41) is 9.48. The molecule has 1 atom stereocenters. The van der Waals surface area contributed by atoms with Crippen LogP contribution in [0.15, 0.2) is 24.3 Å². The van der Waals surface area contributed by atoms with Gasteiger partial charge in [-0.05, 0) is 37.2 Å². The number of anilines is 1. The summed E-state index contributed by atoms with van der Waals surface area (Å²) in [7, 11) is 0. The third-order valence-electron chi connectivity index (χ3n) is 3.91. The zero-order valence-electron chi connectivity index (χ0n) is 12.4. The van der Waals surface area contributed by atoms with Crippen LogP contribution in [0.5, 0.6) is 0 Å². The van der Waals surface area contributed by atoms with Crippen LogP contribution in [0.1, 0.15) is 19.4 Å². The summed E-state index contributed by atoms with van der Waals surface area (Å²) < 4.78 is 0. The third-order valence-corrected chi connectivity index (χ3v) is 4.15. The highest BCUT2D eigenvalue weighted by Gasteiger charge is 2.23. The average Bonchev–Trinajstić information content (AvgIpc) is 2.45. The lowest BCUT2D eigenvalue weighted by molar-refractivity contribution is -0.131. The van der Waals surface area contributed by atoms with Crippen molar-refractivity contribution in [1.82, 2.24) is 4.90 Å². The van der Waals surface area contributed by atoms with Gasteiger partial charge in [-0.3, -0.25) is 4.90 Å². The molecule has 21 heavy (non-hydrogen) atoms. The Morgan fingerprint density at radius 3 is 2.86 bits per heavy atom. The highest BCUT2D eigenvalue weighted by molar-refractivity contribution is 6.31. The maximum atomic E-state index is 10.7. The molecule has 1 aliphatic heterocycles. The van der Waals surface area contributed by atoms with Crippen LogP contribution in [0.2, 0.25) is 5.02 Å². The van der Waals surface area contributed by atoms with Crippen LogP contribution in [-0.2, 0) is 4.79 Å². The van der Waals surface area contributed by atoms with Gasteiger partial charge in [-0.25, -0.2) is 4.79 Å². The molecule has 1 saturated heterocycles. The van der Waals surface area contributed by atoms with E-state index in [-0.39, 0.29) is 0 Å². The summed E-state index contributed by atoms with van der Waals surface area (Å²) in [5.74, 6) is -0.944. The summed E-state index contributed by atoms with van der Waals surface area (Å²) >= 11 is 6.11. The number of carboxylic acids is 1. The lowest BCUT2D eigenvalue weighted by atomic mass is 10.1. The van der Waals surface area contributed by atoms with Gasteiger partial charge in [-0.15, -0.1) is 0 Å². The number of halogens is 1. The first-order valence-electron chi connectivity index (χ1n) is 7.20. The molecule has 1 aromatic carbocycles. The number of piperazine rings is 1. The van der Waals surface area contributed by atoms with Crippen molar-refractivity contribution in [3.05, 3.63) is 34.9 Å². The summed E-state index contributed by atoms with van der Waals surface area (Å²) in [6, 6.07) is 6.04. The number of nitrogens with zero attached hydrogens (tertiary/aromatic N) is 2. The predicted octanol–water partition coefficient (Wildman–Crippen LogP) is 2.97. The molecule has 5 heteroatoms. The predicted molar refractivity (Wildman–Crippen MR) is 87.0 cm³/mol. The summed E-state index contributed by atoms with van der Waals surface area (Å²) in [6.07, 6.45) is 2.79. The molecule has 0 saturated carbocycles. The van der Waals surface area contributed by atoms with Crippen molar-refractivity contribution in [3.63, 3.8) is 0 Å². The molecule has 1 N–H and O–H groups in total. The van der Waals surface area contributed by atoms with Crippen molar-refractivity contribution in [2.45, 2.75) is 19.9 Å². The van der Waals surface area contributed by atoms with Gasteiger partial charge in [0.25, 0.3) is 0 Å². The molecule has 0 aromatic heterocycles. The number of carbonyl (C=O) groups is 1. The zero-order valence-corrected chi connectivity index (χ0v) is 13.2. The SMILES string of the molecule is CCN1CCN(c2cc(Cl)ccc2/C=C/C(=O)O)CC1C. The molecule has 1 heterocycles. The van der Waals surface area contributed by atoms with E-state index in [1.54, 1.807) is 12.1 Å². The first kappa shape index (κ1) is 15.9. The molecule has 1 unspecified atom stereocenters. The van der Waals surface area contributed by atoms with E-state index in [9.17, 15) is 4.79 Å². The van der Waals surface area contributed by atoms with Crippen molar-refractivity contribution in [2.75, 3.05) is 31.1 Å². The lowest BCUT2D eigenvalue weighted by Gasteiger charge is -2.41. The van der Waals surface area contributed by atoms with Crippen LogP contribution in [0.25, 0.3) is 6.08 Å². The van der Waals surface area contributed by atoms with Crippen LogP contribution in [0.3, 0.4) is 0 Å². The quantitative estimate of drug-likeness (QED) is 0.869. The van der Waals surface area contributed by atoms with Gasteiger partial charge < -0.3 is 10.0 Å². The molecule has 2 rings (SSSR count). The van der Waals surface area contributed by atoms with Crippen molar-refractivity contribution in [2.24, 2.45) is 0 Å². The Labute approximate surface area is 130 Å². The van der Waals surface area contributed by atoms with Crippen molar-refractivity contribution in [1.29, 1.82) is 0 Å². The third kappa shape index (κ3) is 3.99. The van der Waals surface area contributed by atoms with E-state index < -0.39 is 5.97 Å². The molecular formula is C16H21ClN2O2. The molecule has 0 spiro atoms. The number of rotatable bonds is 4. The van der Waals surface area contributed by atoms with Crippen LogP contribution in [-0.4, -0.2) is 48.2 Å². The molecule has 0 bridgehead atoms. The molecule has 1 aliphatic rings. The topological polar surface area (TPSA) is 43.8 Å². The summed E-state index contributed by atoms with van der Waals surface area (Å²) in [4.78, 5) is 15.4. The van der Waals surface area contributed by atoms with E-state index in [1.807, 2.05) is 12.1 Å². The largest absolute Gasteiger partial charge is 0.478 e. The van der Waals surface area contributed by atoms with Gasteiger partial charge in [-0.1, -0.05) is 24.6 Å². The smallest absolute Gasteiger partial charge is 0.328 e.